The molecule has 1 aromatic heterocycles. The number of hydrogen-bond donors (Lipinski definition) is 2. The summed E-state index contributed by atoms with van der Waals surface area (Å²) in [4.78, 5) is 0. The van der Waals surface area contributed by atoms with E-state index in [1.165, 1.54) is 11.1 Å². The lowest BCUT2D eigenvalue weighted by atomic mass is 10.1. The third kappa shape index (κ3) is 3.48. The minimum atomic E-state index is 0.0171. The molecule has 102 valence electrons. The number of aromatic nitrogens is 2. The lowest BCUT2D eigenvalue weighted by Crippen LogP contribution is -2.08. The van der Waals surface area contributed by atoms with Gasteiger partial charge >= 0.3 is 0 Å². The quantitative estimate of drug-likeness (QED) is 0.858. The Labute approximate surface area is 112 Å². The number of aliphatic hydroxyl groups excluding tert-OH is 1. The van der Waals surface area contributed by atoms with E-state index in [1.807, 2.05) is 26.0 Å². The molecule has 0 spiro atoms. The summed E-state index contributed by atoms with van der Waals surface area (Å²) in [5.41, 5.74) is 8.87. The highest BCUT2D eigenvalue weighted by Crippen LogP contribution is 2.18. The van der Waals surface area contributed by atoms with Crippen molar-refractivity contribution in [2.24, 2.45) is 0 Å². The summed E-state index contributed by atoms with van der Waals surface area (Å²) in [6.45, 7) is 4.85. The molecule has 0 atom stereocenters. The van der Waals surface area contributed by atoms with E-state index in [0.29, 0.717) is 19.0 Å². The number of ether oxygens (including phenoxy) is 1. The summed E-state index contributed by atoms with van der Waals surface area (Å²) in [6, 6.07) is 7.83. The van der Waals surface area contributed by atoms with Gasteiger partial charge in [-0.3, -0.25) is 0 Å². The van der Waals surface area contributed by atoms with Gasteiger partial charge in [0.2, 0.25) is 0 Å². The minimum absolute atomic E-state index is 0.0171. The Balaban J connectivity index is 2.03. The fraction of sp³-hybridized carbons (Fsp3) is 0.357. The van der Waals surface area contributed by atoms with Crippen molar-refractivity contribution >= 4 is 5.82 Å². The van der Waals surface area contributed by atoms with Gasteiger partial charge in [0.1, 0.15) is 23.9 Å². The molecule has 1 aromatic carbocycles. The van der Waals surface area contributed by atoms with Crippen molar-refractivity contribution in [1.29, 1.82) is 0 Å². The number of aryl methyl sites for hydroxylation is 2. The van der Waals surface area contributed by atoms with Gasteiger partial charge in [0, 0.05) is 6.07 Å². The van der Waals surface area contributed by atoms with Crippen molar-refractivity contribution in [3.05, 3.63) is 41.1 Å². The number of hydrogen-bond acceptors (Lipinski definition) is 4. The molecule has 0 aliphatic heterocycles. The summed E-state index contributed by atoms with van der Waals surface area (Å²) in [6.07, 6.45) is 0. The Morgan fingerprint density at radius 1 is 1.21 bits per heavy atom. The van der Waals surface area contributed by atoms with Crippen LogP contribution >= 0.6 is 0 Å². The molecule has 0 radical (unpaired) electrons. The highest BCUT2D eigenvalue weighted by Gasteiger charge is 2.05. The summed E-state index contributed by atoms with van der Waals surface area (Å²) in [5.74, 6) is 1.36. The van der Waals surface area contributed by atoms with Gasteiger partial charge in [-0.25, -0.2) is 4.68 Å². The maximum Gasteiger partial charge on any atom is 0.132 e. The number of anilines is 1. The number of nitrogens with zero attached hydrogens (tertiary/aromatic N) is 2. The fourth-order valence-corrected chi connectivity index (χ4v) is 2.00. The second-order valence-corrected chi connectivity index (χ2v) is 4.62. The van der Waals surface area contributed by atoms with Crippen LogP contribution in [0.1, 0.15) is 16.8 Å². The molecule has 3 N–H and O–H groups in total. The third-order valence-corrected chi connectivity index (χ3v) is 2.76. The van der Waals surface area contributed by atoms with Crippen molar-refractivity contribution < 1.29 is 9.84 Å². The first-order valence-corrected chi connectivity index (χ1v) is 6.22. The summed E-state index contributed by atoms with van der Waals surface area (Å²) in [5, 5.41) is 13.1. The first-order valence-electron chi connectivity index (χ1n) is 6.22. The smallest absolute Gasteiger partial charge is 0.132 e. The Morgan fingerprint density at radius 2 is 1.89 bits per heavy atom. The Morgan fingerprint density at radius 3 is 2.53 bits per heavy atom. The Hall–Kier alpha value is -2.01. The number of benzene rings is 1. The van der Waals surface area contributed by atoms with Crippen LogP contribution in [0.15, 0.2) is 24.3 Å². The van der Waals surface area contributed by atoms with Crippen LogP contribution in [-0.4, -0.2) is 21.5 Å². The van der Waals surface area contributed by atoms with Crippen LogP contribution in [0.2, 0.25) is 0 Å². The normalized spacial score (nSPS) is 10.7. The zero-order valence-corrected chi connectivity index (χ0v) is 11.3. The highest BCUT2D eigenvalue weighted by molar-refractivity contribution is 5.34. The molecule has 2 rings (SSSR count). The van der Waals surface area contributed by atoms with Crippen LogP contribution in [0, 0.1) is 13.8 Å². The second-order valence-electron chi connectivity index (χ2n) is 4.62. The summed E-state index contributed by atoms with van der Waals surface area (Å²) in [7, 11) is 0. The Bertz CT molecular complexity index is 544. The van der Waals surface area contributed by atoms with E-state index in [4.69, 9.17) is 15.6 Å². The molecule has 0 aliphatic carbocycles. The molecule has 2 aromatic rings. The number of aliphatic hydroxyl groups is 1. The van der Waals surface area contributed by atoms with Gasteiger partial charge in [0.05, 0.1) is 13.2 Å². The maximum absolute atomic E-state index is 8.87. The van der Waals surface area contributed by atoms with Crippen LogP contribution < -0.4 is 10.5 Å². The van der Waals surface area contributed by atoms with Crippen LogP contribution in [0.25, 0.3) is 0 Å². The molecular formula is C14H19N3O2. The molecule has 0 unspecified atom stereocenters. The van der Waals surface area contributed by atoms with Crippen LogP contribution in [0.4, 0.5) is 5.82 Å². The number of nitrogens with two attached hydrogens (primary N) is 1. The first-order chi connectivity index (χ1) is 9.08. The van der Waals surface area contributed by atoms with Crippen molar-refractivity contribution in [2.75, 3.05) is 12.3 Å². The van der Waals surface area contributed by atoms with Gasteiger partial charge in [0.15, 0.2) is 0 Å². The Kier molecular flexibility index (Phi) is 4.06. The van der Waals surface area contributed by atoms with Gasteiger partial charge in [-0.05, 0) is 37.1 Å². The zero-order valence-electron chi connectivity index (χ0n) is 11.3. The molecule has 1 heterocycles. The van der Waals surface area contributed by atoms with E-state index >= 15 is 0 Å². The van der Waals surface area contributed by atoms with Crippen LogP contribution in [0.3, 0.4) is 0 Å². The molecule has 0 aliphatic rings. The molecule has 19 heavy (non-hydrogen) atoms. The number of nitrogen functional groups attached to an aromatic ring is 1. The molecule has 0 bridgehead atoms. The topological polar surface area (TPSA) is 73.3 Å². The molecular weight excluding hydrogens is 242 g/mol. The van der Waals surface area contributed by atoms with E-state index in [9.17, 15) is 0 Å². The van der Waals surface area contributed by atoms with Gasteiger partial charge in [-0.15, -0.1) is 0 Å². The SMILES string of the molecule is Cc1cc(C)cc(OCc2cc(N)n(CCO)n2)c1. The average molecular weight is 261 g/mol. The molecule has 0 amide bonds. The van der Waals surface area contributed by atoms with E-state index in [2.05, 4.69) is 11.2 Å². The lowest BCUT2D eigenvalue weighted by molar-refractivity contribution is 0.266. The van der Waals surface area contributed by atoms with Crippen molar-refractivity contribution in [2.45, 2.75) is 27.0 Å². The molecule has 5 nitrogen and oxygen atoms in total. The van der Waals surface area contributed by atoms with Crippen LogP contribution in [-0.2, 0) is 13.2 Å². The molecule has 0 fully saturated rings. The molecule has 0 saturated heterocycles. The highest BCUT2D eigenvalue weighted by atomic mass is 16.5. The van der Waals surface area contributed by atoms with E-state index < -0.39 is 0 Å². The summed E-state index contributed by atoms with van der Waals surface area (Å²) < 4.78 is 7.28. The van der Waals surface area contributed by atoms with E-state index in [1.54, 1.807) is 10.7 Å². The van der Waals surface area contributed by atoms with Crippen molar-refractivity contribution in [1.82, 2.24) is 9.78 Å². The standard InChI is InChI=1S/C14H19N3O2/c1-10-5-11(2)7-13(6-10)19-9-12-8-14(15)17(16-12)3-4-18/h5-8,18H,3-4,9,15H2,1-2H3. The lowest BCUT2D eigenvalue weighted by Gasteiger charge is -2.06. The fourth-order valence-electron chi connectivity index (χ4n) is 2.00. The van der Waals surface area contributed by atoms with Crippen molar-refractivity contribution in [3.63, 3.8) is 0 Å². The predicted molar refractivity (Wildman–Crippen MR) is 74.0 cm³/mol. The van der Waals surface area contributed by atoms with Crippen molar-refractivity contribution in [3.8, 4) is 5.75 Å². The van der Waals surface area contributed by atoms with Gasteiger partial charge in [0.25, 0.3) is 0 Å². The van der Waals surface area contributed by atoms with Gasteiger partial charge in [-0.1, -0.05) is 6.07 Å². The summed E-state index contributed by atoms with van der Waals surface area (Å²) >= 11 is 0. The van der Waals surface area contributed by atoms with E-state index in [0.717, 1.165) is 11.4 Å². The zero-order chi connectivity index (χ0) is 13.8. The average Bonchev–Trinajstić information content (AvgIpc) is 2.67. The molecule has 5 heteroatoms. The third-order valence-electron chi connectivity index (χ3n) is 2.76. The van der Waals surface area contributed by atoms with Gasteiger partial charge < -0.3 is 15.6 Å². The minimum Gasteiger partial charge on any atom is -0.487 e. The van der Waals surface area contributed by atoms with E-state index in [-0.39, 0.29) is 6.61 Å². The molecule has 0 saturated carbocycles. The number of rotatable bonds is 5. The second kappa shape index (κ2) is 5.75. The first kappa shape index (κ1) is 13.4. The van der Waals surface area contributed by atoms with Gasteiger partial charge in [-0.2, -0.15) is 5.10 Å². The largest absolute Gasteiger partial charge is 0.487 e. The monoisotopic (exact) mass is 261 g/mol. The van der Waals surface area contributed by atoms with Crippen LogP contribution in [0.5, 0.6) is 5.75 Å². The predicted octanol–water partition coefficient (Wildman–Crippen LogP) is 1.65. The maximum atomic E-state index is 8.87.